The first-order valence-electron chi connectivity index (χ1n) is 35.1. The first-order chi connectivity index (χ1) is 40.0. The normalized spacial score (nSPS) is 12.6. The number of carbonyl (C=O) groups excluding carboxylic acids is 3. The van der Waals surface area contributed by atoms with Gasteiger partial charge in [-0.25, -0.2) is 0 Å². The second-order valence-electron chi connectivity index (χ2n) is 23.4. The van der Waals surface area contributed by atoms with Gasteiger partial charge in [-0.2, -0.15) is 0 Å². The summed E-state index contributed by atoms with van der Waals surface area (Å²) < 4.78 is 17.0. The molecule has 6 nitrogen and oxygen atoms in total. The van der Waals surface area contributed by atoms with Crippen molar-refractivity contribution in [2.24, 2.45) is 0 Å². The number of ether oxygens (including phenoxy) is 3. The Balaban J connectivity index is 4.26. The fourth-order valence-corrected chi connectivity index (χ4v) is 10.2. The van der Waals surface area contributed by atoms with E-state index in [2.05, 4.69) is 106 Å². The smallest absolute Gasteiger partial charge is 0.306 e. The van der Waals surface area contributed by atoms with E-state index in [0.717, 1.165) is 109 Å². The van der Waals surface area contributed by atoms with E-state index < -0.39 is 6.10 Å². The van der Waals surface area contributed by atoms with Gasteiger partial charge < -0.3 is 14.2 Å². The maximum absolute atomic E-state index is 12.9. The van der Waals surface area contributed by atoms with Crippen LogP contribution in [0.25, 0.3) is 0 Å². The van der Waals surface area contributed by atoms with Crippen molar-refractivity contribution in [1.29, 1.82) is 0 Å². The fraction of sp³-hybridized carbons (Fsp3) is 0.773. The molecule has 6 heteroatoms. The molecule has 1 atom stereocenters. The highest BCUT2D eigenvalue weighted by Crippen LogP contribution is 2.17. The first kappa shape index (κ1) is 77.6. The average Bonchev–Trinajstić information content (AvgIpc) is 3.46. The molecule has 0 fully saturated rings. The van der Waals surface area contributed by atoms with Crippen LogP contribution in [0.15, 0.2) is 85.1 Å². The number of hydrogen-bond donors (Lipinski definition) is 0. The third kappa shape index (κ3) is 67.3. The van der Waals surface area contributed by atoms with Crippen molar-refractivity contribution >= 4 is 17.9 Å². The summed E-state index contributed by atoms with van der Waals surface area (Å²) >= 11 is 0. The molecule has 0 saturated carbocycles. The molecule has 0 bridgehead atoms. The van der Waals surface area contributed by atoms with Gasteiger partial charge >= 0.3 is 17.9 Å². The third-order valence-electron chi connectivity index (χ3n) is 15.4. The molecule has 0 aliphatic rings. The molecule has 0 aromatic carbocycles. The third-order valence-corrected chi connectivity index (χ3v) is 15.4. The fourth-order valence-electron chi connectivity index (χ4n) is 10.2. The van der Waals surface area contributed by atoms with E-state index in [1.807, 2.05) is 0 Å². The molecule has 0 saturated heterocycles. The minimum Gasteiger partial charge on any atom is -0.462 e. The van der Waals surface area contributed by atoms with Crippen molar-refractivity contribution in [1.82, 2.24) is 0 Å². The van der Waals surface area contributed by atoms with E-state index >= 15 is 0 Å². The molecule has 0 N–H and O–H groups in total. The lowest BCUT2D eigenvalue weighted by molar-refractivity contribution is -0.167. The Labute approximate surface area is 503 Å². The van der Waals surface area contributed by atoms with Crippen LogP contribution >= 0.6 is 0 Å². The largest absolute Gasteiger partial charge is 0.462 e. The molecule has 0 radical (unpaired) electrons. The van der Waals surface area contributed by atoms with Crippen LogP contribution in [0.3, 0.4) is 0 Å². The van der Waals surface area contributed by atoms with Crippen LogP contribution in [0.5, 0.6) is 0 Å². The van der Waals surface area contributed by atoms with Crippen molar-refractivity contribution in [3.63, 3.8) is 0 Å². The van der Waals surface area contributed by atoms with E-state index in [1.165, 1.54) is 205 Å². The summed E-state index contributed by atoms with van der Waals surface area (Å²) in [4.78, 5) is 38.4. The van der Waals surface area contributed by atoms with Gasteiger partial charge in [0, 0.05) is 19.3 Å². The van der Waals surface area contributed by atoms with Crippen LogP contribution in [0, 0.1) is 0 Å². The number of esters is 3. The highest BCUT2D eigenvalue weighted by molar-refractivity contribution is 5.71. The van der Waals surface area contributed by atoms with Crippen molar-refractivity contribution in [3.8, 4) is 0 Å². The Morgan fingerprint density at radius 3 is 0.753 bits per heavy atom. The molecule has 468 valence electrons. The van der Waals surface area contributed by atoms with E-state index in [4.69, 9.17) is 14.2 Å². The quantitative estimate of drug-likeness (QED) is 0.0261. The Morgan fingerprint density at radius 1 is 0.259 bits per heavy atom. The van der Waals surface area contributed by atoms with Gasteiger partial charge in [-0.1, -0.05) is 324 Å². The zero-order chi connectivity index (χ0) is 58.5. The molecular formula is C75H132O6. The number of unbranched alkanes of at least 4 members (excludes halogenated alkanes) is 39. The second kappa shape index (κ2) is 69.1. The predicted octanol–water partition coefficient (Wildman–Crippen LogP) is 24.2. The van der Waals surface area contributed by atoms with Crippen molar-refractivity contribution in [2.45, 2.75) is 361 Å². The molecule has 81 heavy (non-hydrogen) atoms. The molecule has 1 unspecified atom stereocenters. The lowest BCUT2D eigenvalue weighted by Crippen LogP contribution is -2.30. The number of carbonyl (C=O) groups is 3. The highest BCUT2D eigenvalue weighted by atomic mass is 16.6. The molecule has 0 aliphatic heterocycles. The van der Waals surface area contributed by atoms with Gasteiger partial charge in [0.25, 0.3) is 0 Å². The number of hydrogen-bond acceptors (Lipinski definition) is 6. The van der Waals surface area contributed by atoms with E-state index in [0.29, 0.717) is 19.3 Å². The summed E-state index contributed by atoms with van der Waals surface area (Å²) in [6.45, 7) is 6.55. The summed E-state index contributed by atoms with van der Waals surface area (Å²) in [5.41, 5.74) is 0. The van der Waals surface area contributed by atoms with Crippen LogP contribution in [-0.4, -0.2) is 37.2 Å². The summed E-state index contributed by atoms with van der Waals surface area (Å²) in [6, 6.07) is 0. The molecule has 0 aromatic rings. The van der Waals surface area contributed by atoms with E-state index in [1.54, 1.807) is 0 Å². The Kier molecular flexibility index (Phi) is 66.2. The monoisotopic (exact) mass is 1130 g/mol. The van der Waals surface area contributed by atoms with Crippen LogP contribution in [-0.2, 0) is 28.6 Å². The van der Waals surface area contributed by atoms with Gasteiger partial charge in [0.05, 0.1) is 0 Å². The maximum Gasteiger partial charge on any atom is 0.306 e. The molecule has 0 spiro atoms. The zero-order valence-corrected chi connectivity index (χ0v) is 53.8. The Hall–Kier alpha value is -3.41. The van der Waals surface area contributed by atoms with Crippen LogP contribution in [0.1, 0.15) is 355 Å². The van der Waals surface area contributed by atoms with E-state index in [9.17, 15) is 14.4 Å². The molecule has 0 amide bonds. The van der Waals surface area contributed by atoms with Gasteiger partial charge in [-0.05, 0) is 96.3 Å². The molecule has 0 rings (SSSR count). The van der Waals surface area contributed by atoms with E-state index in [-0.39, 0.29) is 31.1 Å². The summed E-state index contributed by atoms with van der Waals surface area (Å²) in [6.07, 6.45) is 91.8. The minimum absolute atomic E-state index is 0.0771. The number of rotatable bonds is 64. The predicted molar refractivity (Wildman–Crippen MR) is 353 cm³/mol. The molecule has 0 aromatic heterocycles. The zero-order valence-electron chi connectivity index (χ0n) is 53.8. The number of allylic oxidation sites excluding steroid dienone is 14. The van der Waals surface area contributed by atoms with Crippen molar-refractivity contribution < 1.29 is 28.6 Å². The maximum atomic E-state index is 12.9. The van der Waals surface area contributed by atoms with Crippen LogP contribution < -0.4 is 0 Å². The summed E-state index contributed by atoms with van der Waals surface area (Å²) in [5.74, 6) is -0.870. The lowest BCUT2D eigenvalue weighted by atomic mass is 10.0. The average molecular weight is 1130 g/mol. The second-order valence-corrected chi connectivity index (χ2v) is 23.4. The van der Waals surface area contributed by atoms with Gasteiger partial charge in [-0.15, -0.1) is 0 Å². The first-order valence-corrected chi connectivity index (χ1v) is 35.1. The minimum atomic E-state index is -0.782. The van der Waals surface area contributed by atoms with Gasteiger partial charge in [0.1, 0.15) is 13.2 Å². The Bertz CT molecular complexity index is 1530. The highest BCUT2D eigenvalue weighted by Gasteiger charge is 2.19. The Morgan fingerprint density at radius 2 is 0.481 bits per heavy atom. The van der Waals surface area contributed by atoms with Crippen molar-refractivity contribution in [3.05, 3.63) is 85.1 Å². The molecule has 0 aliphatic carbocycles. The van der Waals surface area contributed by atoms with Gasteiger partial charge in [0.2, 0.25) is 0 Å². The topological polar surface area (TPSA) is 78.9 Å². The van der Waals surface area contributed by atoms with Gasteiger partial charge in [-0.3, -0.25) is 14.4 Å². The van der Waals surface area contributed by atoms with Crippen LogP contribution in [0.4, 0.5) is 0 Å². The SMILES string of the molecule is CC/C=C\C/C=C\C/C=C\C/C=C\CCCCCCCCCCCCCCCCCCC(=O)OCC(COC(=O)CCCCCCCCCCCCCCC)OC(=O)CCCCCCCC/C=C\C/C=C\C/C=C\CCCCCCC. The van der Waals surface area contributed by atoms with Crippen LogP contribution in [0.2, 0.25) is 0 Å². The van der Waals surface area contributed by atoms with Crippen molar-refractivity contribution in [2.75, 3.05) is 13.2 Å². The standard InChI is InChI=1S/C75H132O6/c1-4-7-10-13-16-19-22-25-27-29-31-33-34-35-36-37-38-39-40-42-43-45-47-50-53-56-59-62-65-68-74(77)80-71-72(70-79-73(76)67-64-61-58-55-52-49-24-21-18-15-12-9-6-3)81-75(78)69-66-63-60-57-54-51-48-46-44-41-32-30-28-26-23-20-17-14-11-8-5-2/h7,10,16,19,23,25-27,30-33,44,46,72H,4-6,8-9,11-15,17-18,20-22,24,28-29,34-43,45,47-71H2,1-3H3/b10-7-,19-16-,26-23-,27-25-,32-30-,33-31-,46-44-. The molecule has 0 heterocycles. The summed E-state index contributed by atoms with van der Waals surface area (Å²) in [7, 11) is 0. The summed E-state index contributed by atoms with van der Waals surface area (Å²) in [5, 5.41) is 0. The lowest BCUT2D eigenvalue weighted by Gasteiger charge is -2.18. The molecular weight excluding hydrogens is 997 g/mol. The van der Waals surface area contributed by atoms with Gasteiger partial charge in [0.15, 0.2) is 6.10 Å².